The van der Waals surface area contributed by atoms with Gasteiger partial charge in [0.1, 0.15) is 12.4 Å². The Balaban J connectivity index is 0.000000534. The second-order valence-corrected chi connectivity index (χ2v) is 7.34. The summed E-state index contributed by atoms with van der Waals surface area (Å²) in [6.45, 7) is 8.71. The highest BCUT2D eigenvalue weighted by Crippen LogP contribution is 2.19. The van der Waals surface area contributed by atoms with Crippen molar-refractivity contribution in [2.24, 2.45) is 0 Å². The minimum absolute atomic E-state index is 0.134. The molecule has 8 nitrogen and oxygen atoms in total. The molecule has 32 heavy (non-hydrogen) atoms. The molecule has 0 radical (unpaired) electrons. The minimum Gasteiger partial charge on any atom is -0.491 e. The fourth-order valence-corrected chi connectivity index (χ4v) is 3.31. The van der Waals surface area contributed by atoms with E-state index in [1.807, 2.05) is 31.2 Å². The molecule has 8 heteroatoms. The lowest BCUT2D eigenvalue weighted by molar-refractivity contribution is -0.159. The van der Waals surface area contributed by atoms with Gasteiger partial charge in [0.05, 0.1) is 5.56 Å². The number of carbonyl (C=O) groups is 3. The van der Waals surface area contributed by atoms with Gasteiger partial charge in [0.25, 0.3) is 0 Å². The monoisotopic (exact) mass is 442 g/mol. The van der Waals surface area contributed by atoms with E-state index in [9.17, 15) is 4.79 Å². The summed E-state index contributed by atoms with van der Waals surface area (Å²) in [6.07, 6.45) is 0.504. The van der Waals surface area contributed by atoms with Crippen molar-refractivity contribution in [1.82, 2.24) is 9.80 Å². The van der Waals surface area contributed by atoms with Crippen LogP contribution in [0.2, 0.25) is 0 Å². The highest BCUT2D eigenvalue weighted by molar-refractivity contribution is 6.27. The Morgan fingerprint density at radius 3 is 2.00 bits per heavy atom. The number of hydrogen-bond donors (Lipinski definition) is 2. The fraction of sp³-hybridized carbons (Fsp3) is 0.375. The van der Waals surface area contributed by atoms with Crippen LogP contribution in [0.1, 0.15) is 29.3 Å². The molecule has 0 aromatic heterocycles. The second-order valence-electron chi connectivity index (χ2n) is 7.34. The summed E-state index contributed by atoms with van der Waals surface area (Å²) < 4.78 is 5.91. The molecule has 2 aromatic carbocycles. The Bertz CT molecular complexity index is 867. The molecule has 0 amide bonds. The number of Topliss-reactive ketones (excluding diaryl/α,β-unsaturated/α-hetero) is 1. The third-order valence-corrected chi connectivity index (χ3v) is 5.07. The van der Waals surface area contributed by atoms with Crippen molar-refractivity contribution in [2.45, 2.75) is 19.9 Å². The van der Waals surface area contributed by atoms with Crippen LogP contribution in [-0.4, -0.2) is 77.1 Å². The standard InChI is InChI=1S/C22H28N2O2.C2H2O4/c1-2-21(25)20-10-6-7-11-22(20)26-17-16-23-12-14-24(15-13-23)18-19-8-4-3-5-9-19;3-1(4)2(5)6/h3-11H,2,12-18H2,1H3;(H,3,4)(H,5,6). The first-order valence-corrected chi connectivity index (χ1v) is 10.6. The third kappa shape index (κ3) is 8.49. The van der Waals surface area contributed by atoms with Gasteiger partial charge in [-0.1, -0.05) is 49.4 Å². The van der Waals surface area contributed by atoms with Crippen LogP contribution in [0.4, 0.5) is 0 Å². The van der Waals surface area contributed by atoms with Crippen LogP contribution in [0.15, 0.2) is 54.6 Å². The zero-order valence-corrected chi connectivity index (χ0v) is 18.3. The van der Waals surface area contributed by atoms with Gasteiger partial charge in [-0.05, 0) is 17.7 Å². The number of carbonyl (C=O) groups excluding carboxylic acids is 1. The predicted octanol–water partition coefficient (Wildman–Crippen LogP) is 2.63. The topological polar surface area (TPSA) is 107 Å². The van der Waals surface area contributed by atoms with E-state index >= 15 is 0 Å². The van der Waals surface area contributed by atoms with Crippen LogP contribution in [0.5, 0.6) is 5.75 Å². The number of carboxylic acids is 2. The van der Waals surface area contributed by atoms with E-state index in [-0.39, 0.29) is 5.78 Å². The first-order chi connectivity index (χ1) is 15.4. The molecule has 2 N–H and O–H groups in total. The number of rotatable bonds is 8. The summed E-state index contributed by atoms with van der Waals surface area (Å²) in [4.78, 5) is 35.1. The maximum atomic E-state index is 12.0. The molecule has 2 aromatic rings. The molecule has 172 valence electrons. The normalized spacial score (nSPS) is 14.2. The van der Waals surface area contributed by atoms with Gasteiger partial charge in [-0.25, -0.2) is 9.59 Å². The van der Waals surface area contributed by atoms with E-state index in [1.165, 1.54) is 5.56 Å². The summed E-state index contributed by atoms with van der Waals surface area (Å²) >= 11 is 0. The van der Waals surface area contributed by atoms with Gasteiger partial charge >= 0.3 is 11.9 Å². The van der Waals surface area contributed by atoms with Crippen molar-refractivity contribution in [1.29, 1.82) is 0 Å². The fourth-order valence-electron chi connectivity index (χ4n) is 3.31. The molecule has 1 saturated heterocycles. The number of ether oxygens (including phenoxy) is 1. The van der Waals surface area contributed by atoms with Gasteiger partial charge in [0, 0.05) is 45.7 Å². The lowest BCUT2D eigenvalue weighted by atomic mass is 10.1. The number of carboxylic acid groups (broad SMARTS) is 2. The lowest BCUT2D eigenvalue weighted by Gasteiger charge is -2.34. The Labute approximate surface area is 188 Å². The quantitative estimate of drug-likeness (QED) is 0.475. The molecule has 0 unspecified atom stereocenters. The molecule has 0 saturated carbocycles. The van der Waals surface area contributed by atoms with Gasteiger partial charge in [-0.2, -0.15) is 0 Å². The highest BCUT2D eigenvalue weighted by atomic mass is 16.5. The van der Waals surface area contributed by atoms with Crippen molar-refractivity contribution < 1.29 is 29.3 Å². The lowest BCUT2D eigenvalue weighted by Crippen LogP contribution is -2.47. The third-order valence-electron chi connectivity index (χ3n) is 5.07. The summed E-state index contributed by atoms with van der Waals surface area (Å²) in [7, 11) is 0. The van der Waals surface area contributed by atoms with Crippen LogP contribution in [0, 0.1) is 0 Å². The van der Waals surface area contributed by atoms with E-state index in [0.29, 0.717) is 24.3 Å². The maximum absolute atomic E-state index is 12.0. The molecule has 1 aliphatic heterocycles. The van der Waals surface area contributed by atoms with Gasteiger partial charge in [0.2, 0.25) is 0 Å². The van der Waals surface area contributed by atoms with Crippen molar-refractivity contribution in [3.05, 3.63) is 65.7 Å². The van der Waals surface area contributed by atoms with Crippen molar-refractivity contribution >= 4 is 17.7 Å². The second kappa shape index (κ2) is 13.2. The van der Waals surface area contributed by atoms with Crippen LogP contribution in [-0.2, 0) is 16.1 Å². The van der Waals surface area contributed by atoms with E-state index in [4.69, 9.17) is 24.5 Å². The van der Waals surface area contributed by atoms with E-state index in [1.54, 1.807) is 0 Å². The summed E-state index contributed by atoms with van der Waals surface area (Å²) in [5, 5.41) is 14.8. The zero-order chi connectivity index (χ0) is 23.3. The Morgan fingerprint density at radius 1 is 0.844 bits per heavy atom. The molecular formula is C24H30N2O6. The smallest absolute Gasteiger partial charge is 0.414 e. The molecular weight excluding hydrogens is 412 g/mol. The Hall–Kier alpha value is -3.23. The first kappa shape index (κ1) is 25.0. The summed E-state index contributed by atoms with van der Waals surface area (Å²) in [6, 6.07) is 18.2. The van der Waals surface area contributed by atoms with Crippen molar-refractivity contribution in [2.75, 3.05) is 39.3 Å². The molecule has 1 fully saturated rings. The van der Waals surface area contributed by atoms with Crippen LogP contribution < -0.4 is 4.74 Å². The average molecular weight is 443 g/mol. The van der Waals surface area contributed by atoms with Gasteiger partial charge in [0.15, 0.2) is 5.78 Å². The summed E-state index contributed by atoms with van der Waals surface area (Å²) in [5.41, 5.74) is 2.07. The number of nitrogens with zero attached hydrogens (tertiary/aromatic N) is 2. The average Bonchev–Trinajstić information content (AvgIpc) is 2.81. The van der Waals surface area contributed by atoms with Crippen LogP contribution in [0.3, 0.4) is 0 Å². The molecule has 1 aliphatic rings. The van der Waals surface area contributed by atoms with Crippen LogP contribution >= 0.6 is 0 Å². The maximum Gasteiger partial charge on any atom is 0.414 e. The minimum atomic E-state index is -1.82. The Kier molecular flexibility index (Phi) is 10.4. The molecule has 1 heterocycles. The zero-order valence-electron chi connectivity index (χ0n) is 18.3. The van der Waals surface area contributed by atoms with Crippen molar-refractivity contribution in [3.8, 4) is 5.75 Å². The Morgan fingerprint density at radius 2 is 1.41 bits per heavy atom. The summed E-state index contributed by atoms with van der Waals surface area (Å²) in [5.74, 6) is -2.80. The van der Waals surface area contributed by atoms with Gasteiger partial charge in [-0.15, -0.1) is 0 Å². The largest absolute Gasteiger partial charge is 0.491 e. The van der Waals surface area contributed by atoms with Crippen LogP contribution in [0.25, 0.3) is 0 Å². The molecule has 0 atom stereocenters. The van der Waals surface area contributed by atoms with Gasteiger partial charge in [-0.3, -0.25) is 14.6 Å². The van der Waals surface area contributed by atoms with Gasteiger partial charge < -0.3 is 14.9 Å². The molecule has 3 rings (SSSR count). The highest BCUT2D eigenvalue weighted by Gasteiger charge is 2.17. The first-order valence-electron chi connectivity index (χ1n) is 10.6. The SMILES string of the molecule is CCC(=O)c1ccccc1OCCN1CCN(Cc2ccccc2)CC1.O=C(O)C(=O)O. The molecule has 0 bridgehead atoms. The van der Waals surface area contributed by atoms with Crippen molar-refractivity contribution in [3.63, 3.8) is 0 Å². The van der Waals surface area contributed by atoms with E-state index in [0.717, 1.165) is 39.3 Å². The number of ketones is 1. The number of aliphatic carboxylic acids is 2. The van der Waals surface area contributed by atoms with E-state index < -0.39 is 11.9 Å². The predicted molar refractivity (Wildman–Crippen MR) is 120 cm³/mol. The molecule has 0 spiro atoms. The number of benzene rings is 2. The number of piperazine rings is 1. The van der Waals surface area contributed by atoms with E-state index in [2.05, 4.69) is 40.1 Å². The molecule has 0 aliphatic carbocycles. The number of hydrogen-bond acceptors (Lipinski definition) is 6. The number of para-hydroxylation sites is 1.